The molecule has 1 N–H and O–H groups in total. The Balaban J connectivity index is 2.13. The van der Waals surface area contributed by atoms with Crippen molar-refractivity contribution in [2.24, 2.45) is 0 Å². The summed E-state index contributed by atoms with van der Waals surface area (Å²) in [5.74, 6) is 0.628. The van der Waals surface area contributed by atoms with Gasteiger partial charge in [0.25, 0.3) is 0 Å². The van der Waals surface area contributed by atoms with Gasteiger partial charge >= 0.3 is 0 Å². The summed E-state index contributed by atoms with van der Waals surface area (Å²) in [6.07, 6.45) is 4.75. The van der Waals surface area contributed by atoms with Gasteiger partial charge in [-0.2, -0.15) is 0 Å². The minimum atomic E-state index is 0.583. The van der Waals surface area contributed by atoms with Gasteiger partial charge in [0, 0.05) is 40.1 Å². The molecule has 0 aliphatic heterocycles. The van der Waals surface area contributed by atoms with E-state index in [1.165, 1.54) is 0 Å². The molecule has 0 radical (unpaired) electrons. The van der Waals surface area contributed by atoms with E-state index in [4.69, 9.17) is 23.2 Å². The summed E-state index contributed by atoms with van der Waals surface area (Å²) in [6, 6.07) is 5.30. The van der Waals surface area contributed by atoms with Gasteiger partial charge in [-0.1, -0.05) is 30.1 Å². The minimum Gasteiger partial charge on any atom is -0.313 e. The lowest BCUT2D eigenvalue weighted by Gasteiger charge is -2.05. The predicted octanol–water partition coefficient (Wildman–Crippen LogP) is 3.95. The van der Waals surface area contributed by atoms with E-state index in [2.05, 4.69) is 22.2 Å². The summed E-state index contributed by atoms with van der Waals surface area (Å²) >= 11 is 11.9. The maximum atomic E-state index is 5.97. The third kappa shape index (κ3) is 4.16. The Morgan fingerprint density at radius 1 is 1.05 bits per heavy atom. The highest BCUT2D eigenvalue weighted by molar-refractivity contribution is 6.35. The molecular formula is C14H15Cl2N3. The van der Waals surface area contributed by atoms with E-state index in [-0.39, 0.29) is 0 Å². The maximum absolute atomic E-state index is 5.97. The first kappa shape index (κ1) is 14.3. The van der Waals surface area contributed by atoms with Crippen molar-refractivity contribution in [3.63, 3.8) is 0 Å². The Morgan fingerprint density at radius 3 is 2.26 bits per heavy atom. The summed E-state index contributed by atoms with van der Waals surface area (Å²) in [5.41, 5.74) is 1.89. The zero-order valence-electron chi connectivity index (χ0n) is 10.7. The minimum absolute atomic E-state index is 0.583. The lowest BCUT2D eigenvalue weighted by molar-refractivity contribution is 0.672. The second-order valence-electron chi connectivity index (χ2n) is 4.25. The maximum Gasteiger partial charge on any atom is 0.159 e. The van der Waals surface area contributed by atoms with Gasteiger partial charge in [0.2, 0.25) is 0 Å². The molecule has 0 aliphatic rings. The summed E-state index contributed by atoms with van der Waals surface area (Å²) in [5, 5.41) is 4.47. The van der Waals surface area contributed by atoms with E-state index in [0.29, 0.717) is 15.9 Å². The quantitative estimate of drug-likeness (QED) is 0.849. The lowest BCUT2D eigenvalue weighted by Crippen LogP contribution is -2.14. The zero-order valence-corrected chi connectivity index (χ0v) is 12.2. The van der Waals surface area contributed by atoms with Crippen molar-refractivity contribution < 1.29 is 0 Å². The van der Waals surface area contributed by atoms with Crippen LogP contribution in [0.3, 0.4) is 0 Å². The highest BCUT2D eigenvalue weighted by Gasteiger charge is 2.04. The Morgan fingerprint density at radius 2 is 1.68 bits per heavy atom. The zero-order chi connectivity index (χ0) is 13.7. The van der Waals surface area contributed by atoms with Crippen molar-refractivity contribution >= 4 is 23.2 Å². The standard InChI is InChI=1S/C14H15Cl2N3/c1-2-3-17-7-10-8-18-14(19-9-10)11-4-12(15)6-13(16)5-11/h4-6,8-9,17H,2-3,7H2,1H3. The van der Waals surface area contributed by atoms with Crippen LogP contribution in [-0.4, -0.2) is 16.5 Å². The van der Waals surface area contributed by atoms with Crippen LogP contribution in [0.5, 0.6) is 0 Å². The van der Waals surface area contributed by atoms with Crippen LogP contribution in [0.25, 0.3) is 11.4 Å². The average Bonchev–Trinajstić information content (AvgIpc) is 2.39. The summed E-state index contributed by atoms with van der Waals surface area (Å²) < 4.78 is 0. The molecule has 0 amide bonds. The smallest absolute Gasteiger partial charge is 0.159 e. The molecule has 2 aromatic rings. The number of nitrogens with one attached hydrogen (secondary N) is 1. The van der Waals surface area contributed by atoms with Crippen LogP contribution >= 0.6 is 23.2 Å². The number of hydrogen-bond acceptors (Lipinski definition) is 3. The van der Waals surface area contributed by atoms with E-state index in [1.807, 2.05) is 12.4 Å². The van der Waals surface area contributed by atoms with Crippen molar-refractivity contribution in [3.8, 4) is 11.4 Å². The molecular weight excluding hydrogens is 281 g/mol. The molecule has 0 saturated heterocycles. The third-order valence-electron chi connectivity index (χ3n) is 2.58. The first-order valence-electron chi connectivity index (χ1n) is 6.17. The Labute approximate surface area is 123 Å². The van der Waals surface area contributed by atoms with Gasteiger partial charge in [-0.05, 0) is 31.2 Å². The average molecular weight is 296 g/mol. The van der Waals surface area contributed by atoms with Crippen LogP contribution in [0.1, 0.15) is 18.9 Å². The molecule has 1 aromatic heterocycles. The molecule has 19 heavy (non-hydrogen) atoms. The van der Waals surface area contributed by atoms with Gasteiger partial charge in [0.05, 0.1) is 0 Å². The molecule has 2 rings (SSSR count). The Hall–Kier alpha value is -1.16. The van der Waals surface area contributed by atoms with Crippen LogP contribution in [0.2, 0.25) is 10.0 Å². The van der Waals surface area contributed by atoms with Crippen LogP contribution in [0.15, 0.2) is 30.6 Å². The largest absolute Gasteiger partial charge is 0.313 e. The van der Waals surface area contributed by atoms with Crippen LogP contribution in [-0.2, 0) is 6.54 Å². The molecule has 5 heteroatoms. The second kappa shape index (κ2) is 6.85. The van der Waals surface area contributed by atoms with Crippen molar-refractivity contribution in [1.82, 2.24) is 15.3 Å². The predicted molar refractivity (Wildman–Crippen MR) is 79.5 cm³/mol. The number of aromatic nitrogens is 2. The number of halogens is 2. The summed E-state index contributed by atoms with van der Waals surface area (Å²) in [7, 11) is 0. The number of rotatable bonds is 5. The van der Waals surface area contributed by atoms with Crippen LogP contribution < -0.4 is 5.32 Å². The summed E-state index contributed by atoms with van der Waals surface area (Å²) in [6.45, 7) is 3.91. The molecule has 0 saturated carbocycles. The first-order chi connectivity index (χ1) is 9.19. The molecule has 1 aromatic carbocycles. The molecule has 0 unspecified atom stereocenters. The molecule has 100 valence electrons. The van der Waals surface area contributed by atoms with E-state index < -0.39 is 0 Å². The fraction of sp³-hybridized carbons (Fsp3) is 0.286. The van der Waals surface area contributed by atoms with Crippen LogP contribution in [0.4, 0.5) is 0 Å². The van der Waals surface area contributed by atoms with E-state index in [9.17, 15) is 0 Å². The Bertz CT molecular complexity index is 521. The van der Waals surface area contributed by atoms with E-state index >= 15 is 0 Å². The van der Waals surface area contributed by atoms with E-state index in [0.717, 1.165) is 30.6 Å². The lowest BCUT2D eigenvalue weighted by atomic mass is 10.2. The molecule has 0 atom stereocenters. The van der Waals surface area contributed by atoms with Crippen molar-refractivity contribution in [3.05, 3.63) is 46.2 Å². The fourth-order valence-corrected chi connectivity index (χ4v) is 2.21. The first-order valence-corrected chi connectivity index (χ1v) is 6.92. The molecule has 1 heterocycles. The number of benzene rings is 1. The third-order valence-corrected chi connectivity index (χ3v) is 3.02. The summed E-state index contributed by atoms with van der Waals surface area (Å²) in [4.78, 5) is 8.68. The van der Waals surface area contributed by atoms with E-state index in [1.54, 1.807) is 18.2 Å². The Kier molecular flexibility index (Phi) is 5.14. The molecule has 0 fully saturated rings. The van der Waals surface area contributed by atoms with Crippen molar-refractivity contribution in [2.75, 3.05) is 6.54 Å². The van der Waals surface area contributed by atoms with Gasteiger partial charge in [0.15, 0.2) is 5.82 Å². The van der Waals surface area contributed by atoms with Gasteiger partial charge in [-0.15, -0.1) is 0 Å². The normalized spacial score (nSPS) is 10.7. The topological polar surface area (TPSA) is 37.8 Å². The molecule has 0 bridgehead atoms. The van der Waals surface area contributed by atoms with Gasteiger partial charge in [-0.3, -0.25) is 0 Å². The second-order valence-corrected chi connectivity index (χ2v) is 5.12. The molecule has 0 spiro atoms. The van der Waals surface area contributed by atoms with Crippen molar-refractivity contribution in [2.45, 2.75) is 19.9 Å². The monoisotopic (exact) mass is 295 g/mol. The fourth-order valence-electron chi connectivity index (χ4n) is 1.69. The number of nitrogens with zero attached hydrogens (tertiary/aromatic N) is 2. The van der Waals surface area contributed by atoms with Crippen molar-refractivity contribution in [1.29, 1.82) is 0 Å². The SMILES string of the molecule is CCCNCc1cnc(-c2cc(Cl)cc(Cl)c2)nc1. The molecule has 3 nitrogen and oxygen atoms in total. The van der Waals surface area contributed by atoms with Gasteiger partial charge < -0.3 is 5.32 Å². The highest BCUT2D eigenvalue weighted by Crippen LogP contribution is 2.24. The number of hydrogen-bond donors (Lipinski definition) is 1. The van der Waals surface area contributed by atoms with Crippen LogP contribution in [0, 0.1) is 0 Å². The van der Waals surface area contributed by atoms with Gasteiger partial charge in [-0.25, -0.2) is 9.97 Å². The van der Waals surface area contributed by atoms with Gasteiger partial charge in [0.1, 0.15) is 0 Å². The highest BCUT2D eigenvalue weighted by atomic mass is 35.5. The molecule has 0 aliphatic carbocycles.